The van der Waals surface area contributed by atoms with Crippen molar-refractivity contribution in [2.24, 2.45) is 0 Å². The van der Waals surface area contributed by atoms with E-state index in [2.05, 4.69) is 35.2 Å². The van der Waals surface area contributed by atoms with Crippen molar-refractivity contribution in [3.8, 4) is 5.75 Å². The lowest BCUT2D eigenvalue weighted by molar-refractivity contribution is 0.340. The van der Waals surface area contributed by atoms with Crippen LogP contribution in [0.15, 0.2) is 52.7 Å². The number of hydrogen-bond donors (Lipinski definition) is 2. The normalized spacial score (nSPS) is 10.9. The average Bonchev–Trinajstić information content (AvgIpc) is 2.73. The molecule has 0 unspecified atom stereocenters. The molecule has 152 valence electrons. The van der Waals surface area contributed by atoms with Crippen molar-refractivity contribution in [2.75, 3.05) is 11.9 Å². The molecule has 4 rings (SSSR count). The molecule has 0 aliphatic heterocycles. The zero-order valence-electron chi connectivity index (χ0n) is 16.4. The summed E-state index contributed by atoms with van der Waals surface area (Å²) in [5, 5.41) is 4.52. The molecular weight excluding hydrogens is 402 g/mol. The number of H-pyrrole nitrogens is 1. The van der Waals surface area contributed by atoms with Crippen LogP contribution in [0.5, 0.6) is 5.75 Å². The largest absolute Gasteiger partial charge is 0.494 e. The quantitative estimate of drug-likeness (QED) is 0.342. The van der Waals surface area contributed by atoms with Gasteiger partial charge in [-0.15, -0.1) is 0 Å². The highest BCUT2D eigenvalue weighted by molar-refractivity contribution is 7.98. The highest BCUT2D eigenvalue weighted by Crippen LogP contribution is 2.24. The molecule has 4 aromatic rings. The number of rotatable bonds is 7. The third kappa shape index (κ3) is 4.71. The molecular formula is C20H19N7O2S. The van der Waals surface area contributed by atoms with Gasteiger partial charge >= 0.3 is 0 Å². The summed E-state index contributed by atoms with van der Waals surface area (Å²) in [6.07, 6.45) is 3.34. The molecule has 10 heteroatoms. The maximum atomic E-state index is 12.1. The number of benzene rings is 1. The maximum Gasteiger partial charge on any atom is 0.252 e. The molecule has 2 N–H and O–H groups in total. The van der Waals surface area contributed by atoms with Gasteiger partial charge in [0.15, 0.2) is 5.16 Å². The Morgan fingerprint density at radius 2 is 1.97 bits per heavy atom. The number of fused-ring (bicyclic) bond motifs is 1. The number of aryl methyl sites for hydroxylation is 1. The Balaban J connectivity index is 1.56. The Morgan fingerprint density at radius 1 is 1.13 bits per heavy atom. The lowest BCUT2D eigenvalue weighted by Crippen LogP contribution is -2.13. The molecule has 3 heterocycles. The second-order valence-electron chi connectivity index (χ2n) is 6.27. The summed E-state index contributed by atoms with van der Waals surface area (Å²) in [5.41, 5.74) is 1.89. The summed E-state index contributed by atoms with van der Waals surface area (Å²) >= 11 is 1.40. The van der Waals surface area contributed by atoms with Crippen LogP contribution < -0.4 is 15.6 Å². The van der Waals surface area contributed by atoms with E-state index in [0.29, 0.717) is 29.2 Å². The molecule has 0 spiro atoms. The topological polar surface area (TPSA) is 119 Å². The van der Waals surface area contributed by atoms with Gasteiger partial charge in [0.1, 0.15) is 5.75 Å². The van der Waals surface area contributed by atoms with Crippen LogP contribution in [0.2, 0.25) is 0 Å². The maximum absolute atomic E-state index is 12.1. The minimum atomic E-state index is -0.268. The molecule has 0 aliphatic rings. The summed E-state index contributed by atoms with van der Waals surface area (Å²) in [4.78, 5) is 36.5. The van der Waals surface area contributed by atoms with Gasteiger partial charge in [0.2, 0.25) is 11.9 Å². The van der Waals surface area contributed by atoms with E-state index >= 15 is 0 Å². The first kappa shape index (κ1) is 19.8. The zero-order chi connectivity index (χ0) is 20.9. The SMILES string of the molecule is CCOc1ccc2nc(Nc3nc(CSc4ncccn4)cc(=O)[nH]3)nc(C)c2c1. The lowest BCUT2D eigenvalue weighted by atomic mass is 10.2. The molecule has 0 aliphatic carbocycles. The van der Waals surface area contributed by atoms with Gasteiger partial charge < -0.3 is 4.74 Å². The highest BCUT2D eigenvalue weighted by atomic mass is 32.2. The minimum absolute atomic E-state index is 0.268. The molecule has 30 heavy (non-hydrogen) atoms. The Bertz CT molecular complexity index is 1230. The van der Waals surface area contributed by atoms with Crippen LogP contribution >= 0.6 is 11.8 Å². The summed E-state index contributed by atoms with van der Waals surface area (Å²) < 4.78 is 5.54. The average molecular weight is 421 g/mol. The van der Waals surface area contributed by atoms with Crippen LogP contribution in [-0.4, -0.2) is 36.5 Å². The number of anilines is 2. The van der Waals surface area contributed by atoms with Gasteiger partial charge in [0.25, 0.3) is 5.56 Å². The van der Waals surface area contributed by atoms with E-state index in [1.807, 2.05) is 32.0 Å². The van der Waals surface area contributed by atoms with Gasteiger partial charge in [-0.1, -0.05) is 11.8 Å². The Hall–Kier alpha value is -3.53. The number of thioether (sulfide) groups is 1. The number of nitrogens with zero attached hydrogens (tertiary/aromatic N) is 5. The van der Waals surface area contributed by atoms with Crippen LogP contribution in [0.1, 0.15) is 18.3 Å². The van der Waals surface area contributed by atoms with Crippen molar-refractivity contribution in [1.29, 1.82) is 0 Å². The molecule has 9 nitrogen and oxygen atoms in total. The van der Waals surface area contributed by atoms with E-state index in [0.717, 1.165) is 22.3 Å². The fraction of sp³-hybridized carbons (Fsp3) is 0.200. The number of aromatic amines is 1. The molecule has 0 amide bonds. The predicted octanol–water partition coefficient (Wildman–Crippen LogP) is 3.25. The molecule has 0 bridgehead atoms. The smallest absolute Gasteiger partial charge is 0.252 e. The van der Waals surface area contributed by atoms with Crippen LogP contribution in [-0.2, 0) is 5.75 Å². The van der Waals surface area contributed by atoms with Crippen LogP contribution in [0, 0.1) is 6.92 Å². The van der Waals surface area contributed by atoms with Gasteiger partial charge in [-0.3, -0.25) is 15.1 Å². The zero-order valence-corrected chi connectivity index (χ0v) is 17.2. The lowest BCUT2D eigenvalue weighted by Gasteiger charge is -2.09. The second kappa shape index (κ2) is 8.87. The van der Waals surface area contributed by atoms with Gasteiger partial charge in [-0.25, -0.2) is 24.9 Å². The molecule has 0 saturated heterocycles. The van der Waals surface area contributed by atoms with Crippen LogP contribution in [0.4, 0.5) is 11.9 Å². The van der Waals surface area contributed by atoms with Gasteiger partial charge in [-0.05, 0) is 38.1 Å². The fourth-order valence-electron chi connectivity index (χ4n) is 2.82. The number of ether oxygens (including phenoxy) is 1. The van der Waals surface area contributed by atoms with Crippen molar-refractivity contribution in [1.82, 2.24) is 29.9 Å². The molecule has 0 fully saturated rings. The van der Waals surface area contributed by atoms with E-state index < -0.39 is 0 Å². The van der Waals surface area contributed by atoms with E-state index in [1.165, 1.54) is 17.8 Å². The number of hydrogen-bond acceptors (Lipinski definition) is 9. The minimum Gasteiger partial charge on any atom is -0.494 e. The van der Waals surface area contributed by atoms with Crippen molar-refractivity contribution in [2.45, 2.75) is 24.8 Å². The molecule has 0 saturated carbocycles. The Kier molecular flexibility index (Phi) is 5.84. The molecule has 1 aromatic carbocycles. The summed E-state index contributed by atoms with van der Waals surface area (Å²) in [7, 11) is 0. The van der Waals surface area contributed by atoms with Gasteiger partial charge in [0.05, 0.1) is 23.5 Å². The van der Waals surface area contributed by atoms with Crippen molar-refractivity contribution in [3.63, 3.8) is 0 Å². The summed E-state index contributed by atoms with van der Waals surface area (Å²) in [6, 6.07) is 8.86. The first-order valence-corrected chi connectivity index (χ1v) is 10.3. The van der Waals surface area contributed by atoms with Crippen LogP contribution in [0.25, 0.3) is 10.9 Å². The highest BCUT2D eigenvalue weighted by Gasteiger charge is 2.09. The van der Waals surface area contributed by atoms with E-state index in [9.17, 15) is 4.79 Å². The Labute approximate surface area is 176 Å². The van der Waals surface area contributed by atoms with Crippen molar-refractivity contribution >= 4 is 34.6 Å². The van der Waals surface area contributed by atoms with Crippen molar-refractivity contribution in [3.05, 3.63) is 64.5 Å². The van der Waals surface area contributed by atoms with E-state index in [-0.39, 0.29) is 11.5 Å². The van der Waals surface area contributed by atoms with Gasteiger partial charge in [0, 0.05) is 29.6 Å². The van der Waals surface area contributed by atoms with Gasteiger partial charge in [-0.2, -0.15) is 0 Å². The molecule has 3 aromatic heterocycles. The predicted molar refractivity (Wildman–Crippen MR) is 115 cm³/mol. The molecule has 0 radical (unpaired) electrons. The third-order valence-electron chi connectivity index (χ3n) is 4.08. The van der Waals surface area contributed by atoms with Crippen LogP contribution in [0.3, 0.4) is 0 Å². The second-order valence-corrected chi connectivity index (χ2v) is 7.22. The standard InChI is InChI=1S/C20H19N7O2S/c1-3-29-14-5-6-16-15(10-14)12(2)23-18(25-16)27-19-24-13(9-17(28)26-19)11-30-20-21-7-4-8-22-20/h4-10H,3,11H2,1-2H3,(H2,23,24,25,26,27,28). The Morgan fingerprint density at radius 3 is 2.77 bits per heavy atom. The number of aromatic nitrogens is 6. The van der Waals surface area contributed by atoms with E-state index in [4.69, 9.17) is 4.74 Å². The number of nitrogens with one attached hydrogen (secondary N) is 2. The third-order valence-corrected chi connectivity index (χ3v) is 4.99. The molecule has 0 atom stereocenters. The van der Waals surface area contributed by atoms with Crippen molar-refractivity contribution < 1.29 is 4.74 Å². The first-order chi connectivity index (χ1) is 14.6. The summed E-state index contributed by atoms with van der Waals surface area (Å²) in [5.74, 6) is 1.86. The summed E-state index contributed by atoms with van der Waals surface area (Å²) in [6.45, 7) is 4.43. The first-order valence-electron chi connectivity index (χ1n) is 9.29. The monoisotopic (exact) mass is 421 g/mol. The fourth-order valence-corrected chi connectivity index (χ4v) is 3.51. The van der Waals surface area contributed by atoms with E-state index in [1.54, 1.807) is 18.5 Å².